The maximum atomic E-state index is 12.8. The van der Waals surface area contributed by atoms with E-state index >= 15 is 0 Å². The quantitative estimate of drug-likeness (QED) is 0.0262. The van der Waals surface area contributed by atoms with Crippen LogP contribution in [0, 0.1) is 0 Å². The van der Waals surface area contributed by atoms with Gasteiger partial charge in [-0.25, -0.2) is 0 Å². The van der Waals surface area contributed by atoms with Crippen molar-refractivity contribution in [1.82, 2.24) is 0 Å². The Hall–Kier alpha value is -2.89. The van der Waals surface area contributed by atoms with Gasteiger partial charge in [0.1, 0.15) is 13.2 Å². The first-order chi connectivity index (χ1) is 33.0. The molecule has 0 aromatic rings. The molecule has 0 saturated carbocycles. The topological polar surface area (TPSA) is 78.9 Å². The van der Waals surface area contributed by atoms with Crippen LogP contribution in [0.2, 0.25) is 0 Å². The third-order valence-electron chi connectivity index (χ3n) is 12.5. The summed E-state index contributed by atoms with van der Waals surface area (Å²) in [5.74, 6) is -0.924. The van der Waals surface area contributed by atoms with Crippen molar-refractivity contribution in [1.29, 1.82) is 0 Å². The second-order valence-electron chi connectivity index (χ2n) is 19.2. The molecule has 67 heavy (non-hydrogen) atoms. The molecule has 6 heteroatoms. The van der Waals surface area contributed by atoms with Gasteiger partial charge in [-0.1, -0.05) is 248 Å². The molecule has 0 aliphatic carbocycles. The van der Waals surface area contributed by atoms with Gasteiger partial charge >= 0.3 is 17.9 Å². The summed E-state index contributed by atoms with van der Waals surface area (Å²) < 4.78 is 16.8. The molecule has 0 bridgehead atoms. The largest absolute Gasteiger partial charge is 0.462 e. The van der Waals surface area contributed by atoms with Crippen LogP contribution in [0.25, 0.3) is 0 Å². The second-order valence-corrected chi connectivity index (χ2v) is 19.2. The highest BCUT2D eigenvalue weighted by atomic mass is 16.6. The van der Waals surface area contributed by atoms with E-state index in [1.165, 1.54) is 167 Å². The lowest BCUT2D eigenvalue weighted by atomic mass is 10.0. The van der Waals surface area contributed by atoms with Crippen molar-refractivity contribution in [3.8, 4) is 0 Å². The molecule has 0 aliphatic heterocycles. The molecule has 1 atom stereocenters. The van der Waals surface area contributed by atoms with Gasteiger partial charge in [0.05, 0.1) is 0 Å². The fraction of sp³-hybridized carbons (Fsp3) is 0.787. The lowest BCUT2D eigenvalue weighted by Crippen LogP contribution is -2.30. The standard InChI is InChI=1S/C61H108O6/c1-4-7-10-13-16-19-22-25-28-29-30-31-34-36-39-42-45-48-51-54-60(63)66-57-58(67-61(64)55-52-49-46-43-40-37-33-27-24-21-18-15-12-9-6-3)56-65-59(62)53-50-47-44-41-38-35-32-26-23-20-17-14-11-8-5-2/h9,12,18,20-21,23,27,33,40,43,58H,4-8,10-11,13-17,19,22,24-26,28-32,34-39,41-42,44-57H2,1-3H3/b12-9-,21-18-,23-20-,33-27-,43-40-/t58-/m1/s1. The van der Waals surface area contributed by atoms with Crippen LogP contribution < -0.4 is 0 Å². The van der Waals surface area contributed by atoms with Gasteiger partial charge in [0.2, 0.25) is 0 Å². The Kier molecular flexibility index (Phi) is 53.3. The molecule has 0 amide bonds. The number of hydrogen-bond donors (Lipinski definition) is 0. The third kappa shape index (κ3) is 53.9. The van der Waals surface area contributed by atoms with E-state index in [2.05, 4.69) is 81.5 Å². The summed E-state index contributed by atoms with van der Waals surface area (Å²) in [6, 6.07) is 0. The molecule has 0 fully saturated rings. The Labute approximate surface area is 415 Å². The zero-order chi connectivity index (χ0) is 48.6. The smallest absolute Gasteiger partial charge is 0.306 e. The molecule has 0 rings (SSSR count). The Morgan fingerprint density at radius 3 is 0.970 bits per heavy atom. The number of rotatable bonds is 52. The minimum Gasteiger partial charge on any atom is -0.462 e. The summed E-state index contributed by atoms with van der Waals surface area (Å²) in [4.78, 5) is 38.1. The van der Waals surface area contributed by atoms with Crippen LogP contribution in [0.1, 0.15) is 290 Å². The highest BCUT2D eigenvalue weighted by molar-refractivity contribution is 5.71. The summed E-state index contributed by atoms with van der Waals surface area (Å²) in [5.41, 5.74) is 0. The summed E-state index contributed by atoms with van der Waals surface area (Å²) in [5, 5.41) is 0. The van der Waals surface area contributed by atoms with E-state index in [0.717, 1.165) is 77.0 Å². The SMILES string of the molecule is CC/C=C\C/C=C\C/C=C\C/C=C\CCCCC(=O)O[C@H](COC(=O)CCCCCCCCC/C=C\CCCCCC)COC(=O)CCCCCCCCCCCCCCCCCCCCC. The number of hydrogen-bond acceptors (Lipinski definition) is 6. The van der Waals surface area contributed by atoms with Crippen LogP contribution in [0.4, 0.5) is 0 Å². The van der Waals surface area contributed by atoms with E-state index in [4.69, 9.17) is 14.2 Å². The summed E-state index contributed by atoms with van der Waals surface area (Å²) in [6.07, 6.45) is 69.3. The maximum Gasteiger partial charge on any atom is 0.306 e. The molecule has 0 aromatic heterocycles. The summed E-state index contributed by atoms with van der Waals surface area (Å²) in [7, 11) is 0. The van der Waals surface area contributed by atoms with E-state index in [0.29, 0.717) is 19.3 Å². The second kappa shape index (κ2) is 55.7. The van der Waals surface area contributed by atoms with Gasteiger partial charge in [-0.15, -0.1) is 0 Å². The van der Waals surface area contributed by atoms with E-state index in [9.17, 15) is 14.4 Å². The lowest BCUT2D eigenvalue weighted by Gasteiger charge is -2.18. The molecule has 0 saturated heterocycles. The Morgan fingerprint density at radius 2 is 0.582 bits per heavy atom. The number of ether oxygens (including phenoxy) is 3. The monoisotopic (exact) mass is 937 g/mol. The molecular weight excluding hydrogens is 829 g/mol. The maximum absolute atomic E-state index is 12.8. The van der Waals surface area contributed by atoms with Crippen molar-refractivity contribution >= 4 is 17.9 Å². The average Bonchev–Trinajstić information content (AvgIpc) is 3.33. The number of unbranched alkanes of at least 4 members (excludes halogenated alkanes) is 31. The molecule has 0 aromatic carbocycles. The van der Waals surface area contributed by atoms with Gasteiger partial charge in [0.25, 0.3) is 0 Å². The Morgan fingerprint density at radius 1 is 0.313 bits per heavy atom. The van der Waals surface area contributed by atoms with Crippen molar-refractivity contribution in [3.63, 3.8) is 0 Å². The number of allylic oxidation sites excluding steroid dienone is 10. The van der Waals surface area contributed by atoms with Crippen LogP contribution in [0.15, 0.2) is 60.8 Å². The summed E-state index contributed by atoms with van der Waals surface area (Å²) in [6.45, 7) is 6.51. The van der Waals surface area contributed by atoms with Gasteiger partial charge < -0.3 is 14.2 Å². The molecule has 0 aliphatic rings. The molecule has 0 unspecified atom stereocenters. The first-order valence-electron chi connectivity index (χ1n) is 28.8. The van der Waals surface area contributed by atoms with Crippen LogP contribution >= 0.6 is 0 Å². The minimum absolute atomic E-state index is 0.0896. The predicted octanol–water partition coefficient (Wildman–Crippen LogP) is 19.2. The van der Waals surface area contributed by atoms with Gasteiger partial charge in [-0.2, -0.15) is 0 Å². The third-order valence-corrected chi connectivity index (χ3v) is 12.5. The zero-order valence-electron chi connectivity index (χ0n) is 44.4. The van der Waals surface area contributed by atoms with Crippen molar-refractivity contribution < 1.29 is 28.6 Å². The van der Waals surface area contributed by atoms with Crippen molar-refractivity contribution in [2.45, 2.75) is 297 Å². The van der Waals surface area contributed by atoms with Crippen LogP contribution in [0.5, 0.6) is 0 Å². The Balaban J connectivity index is 4.39. The average molecular weight is 938 g/mol. The lowest BCUT2D eigenvalue weighted by molar-refractivity contribution is -0.167. The van der Waals surface area contributed by atoms with E-state index < -0.39 is 6.10 Å². The fourth-order valence-electron chi connectivity index (χ4n) is 8.19. The normalized spacial score (nSPS) is 12.5. The van der Waals surface area contributed by atoms with Gasteiger partial charge in [0, 0.05) is 19.3 Å². The number of carbonyl (C=O) groups is 3. The summed E-state index contributed by atoms with van der Waals surface area (Å²) >= 11 is 0. The Bertz CT molecular complexity index is 1210. The first kappa shape index (κ1) is 64.1. The van der Waals surface area contributed by atoms with Crippen LogP contribution in [-0.4, -0.2) is 37.2 Å². The predicted molar refractivity (Wildman–Crippen MR) is 288 cm³/mol. The first-order valence-corrected chi connectivity index (χ1v) is 28.8. The van der Waals surface area contributed by atoms with Crippen molar-refractivity contribution in [2.24, 2.45) is 0 Å². The van der Waals surface area contributed by atoms with Gasteiger partial charge in [-0.3, -0.25) is 14.4 Å². The van der Waals surface area contributed by atoms with Gasteiger partial charge in [0.15, 0.2) is 6.10 Å². The molecule has 6 nitrogen and oxygen atoms in total. The molecule has 0 N–H and O–H groups in total. The fourth-order valence-corrected chi connectivity index (χ4v) is 8.19. The molecule has 0 spiro atoms. The molecular formula is C61H108O6. The van der Waals surface area contributed by atoms with Gasteiger partial charge in [-0.05, 0) is 83.5 Å². The van der Waals surface area contributed by atoms with Crippen LogP contribution in [-0.2, 0) is 28.6 Å². The number of carbonyl (C=O) groups excluding carboxylic acids is 3. The highest BCUT2D eigenvalue weighted by Crippen LogP contribution is 2.16. The van der Waals surface area contributed by atoms with Crippen molar-refractivity contribution in [3.05, 3.63) is 60.8 Å². The van der Waals surface area contributed by atoms with Crippen LogP contribution in [0.3, 0.4) is 0 Å². The highest BCUT2D eigenvalue weighted by Gasteiger charge is 2.19. The zero-order valence-corrected chi connectivity index (χ0v) is 44.4. The van der Waals surface area contributed by atoms with E-state index in [1.54, 1.807) is 0 Å². The minimum atomic E-state index is -0.796. The molecule has 0 heterocycles. The number of esters is 3. The molecule has 0 radical (unpaired) electrons. The van der Waals surface area contributed by atoms with E-state index in [1.807, 2.05) is 0 Å². The van der Waals surface area contributed by atoms with E-state index in [-0.39, 0.29) is 37.5 Å². The molecule has 388 valence electrons. The van der Waals surface area contributed by atoms with Crippen molar-refractivity contribution in [2.75, 3.05) is 13.2 Å².